The molecule has 0 bridgehead atoms. The van der Waals surface area contributed by atoms with Crippen molar-refractivity contribution in [1.82, 2.24) is 4.90 Å². The highest BCUT2D eigenvalue weighted by molar-refractivity contribution is 5.95. The molecule has 0 aliphatic rings. The number of amides is 1. The van der Waals surface area contributed by atoms with Crippen molar-refractivity contribution in [3.63, 3.8) is 0 Å². The summed E-state index contributed by atoms with van der Waals surface area (Å²) in [4.78, 5) is 14.0. The summed E-state index contributed by atoms with van der Waals surface area (Å²) in [5.74, 6) is 0.596. The molecule has 0 aliphatic carbocycles. The van der Waals surface area contributed by atoms with Crippen LogP contribution in [0.4, 0.5) is 11.4 Å². The number of nitrogen functional groups attached to an aromatic ring is 1. The molecule has 0 atom stereocenters. The zero-order valence-electron chi connectivity index (χ0n) is 13.0. The molecule has 0 radical (unpaired) electrons. The number of rotatable bonds is 5. The highest BCUT2D eigenvalue weighted by Gasteiger charge is 2.16. The van der Waals surface area contributed by atoms with E-state index in [0.29, 0.717) is 23.7 Å². The Morgan fingerprint density at radius 1 is 1.40 bits per heavy atom. The van der Waals surface area contributed by atoms with E-state index in [1.54, 1.807) is 25.3 Å². The Balaban J connectivity index is 2.58. The number of hydrogen-bond acceptors (Lipinski definition) is 4. The molecule has 0 aliphatic heterocycles. The number of hydrogen-bond donors (Lipinski definition) is 2. The average Bonchev–Trinajstić information content (AvgIpc) is 2.28. The topological polar surface area (TPSA) is 67.6 Å². The quantitative estimate of drug-likeness (QED) is 0.811. The Morgan fingerprint density at radius 2 is 2.05 bits per heavy atom. The normalized spacial score (nSPS) is 11.5. The Morgan fingerprint density at radius 3 is 2.55 bits per heavy atom. The number of carbonyl (C=O) groups is 1. The number of benzene rings is 1. The molecule has 0 aromatic heterocycles. The zero-order chi connectivity index (χ0) is 15.3. The third-order valence-corrected chi connectivity index (χ3v) is 2.69. The molecule has 20 heavy (non-hydrogen) atoms. The van der Waals surface area contributed by atoms with Crippen molar-refractivity contribution in [3.8, 4) is 5.75 Å². The van der Waals surface area contributed by atoms with Gasteiger partial charge in [-0.25, -0.2) is 0 Å². The van der Waals surface area contributed by atoms with Crippen LogP contribution in [0.5, 0.6) is 5.75 Å². The van der Waals surface area contributed by atoms with E-state index in [0.717, 1.165) is 6.54 Å². The molecule has 0 unspecified atom stereocenters. The van der Waals surface area contributed by atoms with Crippen LogP contribution in [-0.4, -0.2) is 38.1 Å². The third-order valence-electron chi connectivity index (χ3n) is 2.69. The van der Waals surface area contributed by atoms with Crippen molar-refractivity contribution < 1.29 is 9.53 Å². The summed E-state index contributed by atoms with van der Waals surface area (Å²) in [5.41, 5.74) is 7.14. The van der Waals surface area contributed by atoms with E-state index in [9.17, 15) is 4.79 Å². The maximum atomic E-state index is 12.0. The smallest absolute Gasteiger partial charge is 0.238 e. The molecule has 0 heterocycles. The summed E-state index contributed by atoms with van der Waals surface area (Å²) in [5, 5.41) is 2.82. The van der Waals surface area contributed by atoms with Gasteiger partial charge in [-0.05, 0) is 24.6 Å². The van der Waals surface area contributed by atoms with Gasteiger partial charge in [0.15, 0.2) is 0 Å². The highest BCUT2D eigenvalue weighted by atomic mass is 16.5. The van der Waals surface area contributed by atoms with Gasteiger partial charge in [-0.1, -0.05) is 20.8 Å². The van der Waals surface area contributed by atoms with Crippen LogP contribution in [0.2, 0.25) is 0 Å². The van der Waals surface area contributed by atoms with Gasteiger partial charge in [0, 0.05) is 12.6 Å². The maximum absolute atomic E-state index is 12.0. The standard InChI is InChI=1S/C15H25N3O2/c1-15(2,3)10-18(4)9-14(19)17-13-7-6-11(20-5)8-12(13)16/h6-8H,9-10,16H2,1-5H3,(H,17,19). The highest BCUT2D eigenvalue weighted by Crippen LogP contribution is 2.24. The minimum atomic E-state index is -0.0754. The number of anilines is 2. The molecule has 0 fully saturated rings. The van der Waals surface area contributed by atoms with Gasteiger partial charge in [0.2, 0.25) is 5.91 Å². The van der Waals surface area contributed by atoms with Crippen LogP contribution in [-0.2, 0) is 4.79 Å². The summed E-state index contributed by atoms with van der Waals surface area (Å²) >= 11 is 0. The largest absolute Gasteiger partial charge is 0.497 e. The lowest BCUT2D eigenvalue weighted by Crippen LogP contribution is -2.35. The average molecular weight is 279 g/mol. The van der Waals surface area contributed by atoms with Gasteiger partial charge >= 0.3 is 0 Å². The van der Waals surface area contributed by atoms with Crippen LogP contribution >= 0.6 is 0 Å². The SMILES string of the molecule is COc1ccc(NC(=O)CN(C)CC(C)(C)C)c(N)c1. The molecule has 0 saturated heterocycles. The number of nitrogens with two attached hydrogens (primary N) is 1. The number of methoxy groups -OCH3 is 1. The molecule has 1 aromatic rings. The summed E-state index contributed by atoms with van der Waals surface area (Å²) < 4.78 is 5.07. The number of carbonyl (C=O) groups excluding carboxylic acids is 1. The van der Waals surface area contributed by atoms with Crippen LogP contribution in [0, 0.1) is 5.41 Å². The lowest BCUT2D eigenvalue weighted by molar-refractivity contribution is -0.117. The maximum Gasteiger partial charge on any atom is 0.238 e. The predicted molar refractivity (Wildman–Crippen MR) is 83.0 cm³/mol. The molecular weight excluding hydrogens is 254 g/mol. The fraction of sp³-hybridized carbons (Fsp3) is 0.533. The van der Waals surface area contributed by atoms with Gasteiger partial charge in [-0.15, -0.1) is 0 Å². The predicted octanol–water partition coefficient (Wildman–Crippen LogP) is 2.19. The van der Waals surface area contributed by atoms with Crippen LogP contribution in [0.1, 0.15) is 20.8 Å². The first-order valence-electron chi connectivity index (χ1n) is 6.63. The second-order valence-electron chi connectivity index (χ2n) is 6.23. The van der Waals surface area contributed by atoms with Gasteiger partial charge in [0.05, 0.1) is 25.0 Å². The van der Waals surface area contributed by atoms with Gasteiger partial charge in [0.25, 0.3) is 0 Å². The monoisotopic (exact) mass is 279 g/mol. The van der Waals surface area contributed by atoms with E-state index in [4.69, 9.17) is 10.5 Å². The Kier molecular flexibility index (Phi) is 5.39. The van der Waals surface area contributed by atoms with Crippen molar-refractivity contribution in [3.05, 3.63) is 18.2 Å². The first-order chi connectivity index (χ1) is 9.21. The summed E-state index contributed by atoms with van der Waals surface area (Å²) in [6, 6.07) is 5.20. The van der Waals surface area contributed by atoms with Crippen molar-refractivity contribution >= 4 is 17.3 Å². The zero-order valence-corrected chi connectivity index (χ0v) is 13.0. The molecule has 1 amide bonds. The van der Waals surface area contributed by atoms with E-state index in [1.165, 1.54) is 0 Å². The molecule has 3 N–H and O–H groups in total. The van der Waals surface area contributed by atoms with E-state index in [1.807, 2.05) is 11.9 Å². The summed E-state index contributed by atoms with van der Waals surface area (Å²) in [6.45, 7) is 7.61. The summed E-state index contributed by atoms with van der Waals surface area (Å²) in [7, 11) is 3.51. The van der Waals surface area contributed by atoms with E-state index < -0.39 is 0 Å². The van der Waals surface area contributed by atoms with Gasteiger partial charge in [0.1, 0.15) is 5.75 Å². The lowest BCUT2D eigenvalue weighted by atomic mass is 9.96. The first-order valence-corrected chi connectivity index (χ1v) is 6.63. The van der Waals surface area contributed by atoms with E-state index in [2.05, 4.69) is 26.1 Å². The van der Waals surface area contributed by atoms with Crippen LogP contribution in [0.25, 0.3) is 0 Å². The fourth-order valence-corrected chi connectivity index (χ4v) is 2.08. The molecule has 0 saturated carbocycles. The minimum absolute atomic E-state index is 0.0754. The first kappa shape index (κ1) is 16.3. The van der Waals surface area contributed by atoms with Gasteiger partial charge in [-0.3, -0.25) is 9.69 Å². The van der Waals surface area contributed by atoms with Gasteiger partial charge in [-0.2, -0.15) is 0 Å². The van der Waals surface area contributed by atoms with Crippen LogP contribution < -0.4 is 15.8 Å². The Labute approximate surface area is 121 Å². The molecule has 1 rings (SSSR count). The Bertz CT molecular complexity index is 467. The summed E-state index contributed by atoms with van der Waals surface area (Å²) in [6.07, 6.45) is 0. The molecular formula is C15H25N3O2. The number of likely N-dealkylation sites (N-methyl/N-ethyl adjacent to an activating group) is 1. The van der Waals surface area contributed by atoms with Crippen molar-refractivity contribution in [1.29, 1.82) is 0 Å². The van der Waals surface area contributed by atoms with E-state index in [-0.39, 0.29) is 11.3 Å². The van der Waals surface area contributed by atoms with E-state index >= 15 is 0 Å². The molecule has 5 heteroatoms. The number of ether oxygens (including phenoxy) is 1. The van der Waals surface area contributed by atoms with Crippen molar-refractivity contribution in [2.24, 2.45) is 5.41 Å². The van der Waals surface area contributed by atoms with Crippen LogP contribution in [0.15, 0.2) is 18.2 Å². The van der Waals surface area contributed by atoms with Crippen LogP contribution in [0.3, 0.4) is 0 Å². The van der Waals surface area contributed by atoms with Gasteiger partial charge < -0.3 is 15.8 Å². The molecule has 112 valence electrons. The second-order valence-corrected chi connectivity index (χ2v) is 6.23. The molecule has 5 nitrogen and oxygen atoms in total. The number of nitrogens with zero attached hydrogens (tertiary/aromatic N) is 1. The molecule has 0 spiro atoms. The fourth-order valence-electron chi connectivity index (χ4n) is 2.08. The Hall–Kier alpha value is -1.75. The second kappa shape index (κ2) is 6.61. The number of nitrogens with one attached hydrogen (secondary N) is 1. The van der Waals surface area contributed by atoms with Crippen molar-refractivity contribution in [2.45, 2.75) is 20.8 Å². The third kappa shape index (κ3) is 5.48. The minimum Gasteiger partial charge on any atom is -0.497 e. The molecule has 1 aromatic carbocycles. The van der Waals surface area contributed by atoms with Crippen molar-refractivity contribution in [2.75, 3.05) is 38.3 Å². The lowest BCUT2D eigenvalue weighted by Gasteiger charge is -2.26.